The number of H-pyrrole nitrogens is 1. The van der Waals surface area contributed by atoms with Crippen LogP contribution in [0, 0.1) is 0 Å². The third-order valence-electron chi connectivity index (χ3n) is 4.00. The summed E-state index contributed by atoms with van der Waals surface area (Å²) in [4.78, 5) is 4.20. The number of hydrogen-bond donors (Lipinski definition) is 1. The standard InChI is InChI=1S/C17H13Cl2N5/c1-24-15(8-16-20-9-21-22-16)13-4-2-3-12(17(13)23-24)11-6-5-10(18)7-14(11)19/h2-7,9H,8H2,1H3,(H,20,21,22). The maximum absolute atomic E-state index is 6.38. The number of benzene rings is 2. The van der Waals surface area contributed by atoms with Gasteiger partial charge < -0.3 is 0 Å². The molecule has 0 aliphatic carbocycles. The molecule has 0 saturated carbocycles. The number of aromatic amines is 1. The second-order valence-electron chi connectivity index (χ2n) is 5.49. The summed E-state index contributed by atoms with van der Waals surface area (Å²) in [5, 5.41) is 13.8. The molecule has 0 aliphatic rings. The fourth-order valence-corrected chi connectivity index (χ4v) is 3.38. The normalized spacial score (nSPS) is 11.3. The summed E-state index contributed by atoms with van der Waals surface area (Å²) in [6.45, 7) is 0. The lowest BCUT2D eigenvalue weighted by atomic mass is 10.0. The summed E-state index contributed by atoms with van der Waals surface area (Å²) >= 11 is 12.4. The van der Waals surface area contributed by atoms with E-state index >= 15 is 0 Å². The van der Waals surface area contributed by atoms with Crippen molar-refractivity contribution >= 4 is 34.1 Å². The van der Waals surface area contributed by atoms with Crippen LogP contribution in [0.2, 0.25) is 10.0 Å². The zero-order valence-corrected chi connectivity index (χ0v) is 14.3. The molecule has 120 valence electrons. The van der Waals surface area contributed by atoms with E-state index in [0.29, 0.717) is 16.5 Å². The molecule has 0 radical (unpaired) electrons. The second kappa shape index (κ2) is 5.92. The first-order valence-corrected chi connectivity index (χ1v) is 8.14. The molecule has 0 bridgehead atoms. The third kappa shape index (κ3) is 2.56. The van der Waals surface area contributed by atoms with E-state index in [4.69, 9.17) is 28.3 Å². The van der Waals surface area contributed by atoms with E-state index in [2.05, 4.69) is 21.2 Å². The Hall–Kier alpha value is -2.37. The van der Waals surface area contributed by atoms with E-state index in [-0.39, 0.29) is 0 Å². The summed E-state index contributed by atoms with van der Waals surface area (Å²) < 4.78 is 1.87. The Labute approximate surface area is 148 Å². The predicted molar refractivity (Wildman–Crippen MR) is 95.4 cm³/mol. The van der Waals surface area contributed by atoms with E-state index < -0.39 is 0 Å². The molecule has 0 fully saturated rings. The Kier molecular flexibility index (Phi) is 3.75. The maximum Gasteiger partial charge on any atom is 0.156 e. The van der Waals surface area contributed by atoms with Gasteiger partial charge in [-0.25, -0.2) is 4.98 Å². The molecule has 0 amide bonds. The summed E-state index contributed by atoms with van der Waals surface area (Å²) in [6, 6.07) is 11.6. The average molecular weight is 358 g/mol. The van der Waals surface area contributed by atoms with E-state index in [1.54, 1.807) is 12.4 Å². The van der Waals surface area contributed by atoms with Crippen LogP contribution in [0.5, 0.6) is 0 Å². The highest BCUT2D eigenvalue weighted by molar-refractivity contribution is 6.36. The number of fused-ring (bicyclic) bond motifs is 1. The van der Waals surface area contributed by atoms with Gasteiger partial charge in [-0.15, -0.1) is 0 Å². The average Bonchev–Trinajstić information content (AvgIpc) is 3.17. The van der Waals surface area contributed by atoms with E-state index in [9.17, 15) is 0 Å². The number of aryl methyl sites for hydroxylation is 1. The number of hydrogen-bond acceptors (Lipinski definition) is 3. The third-order valence-corrected chi connectivity index (χ3v) is 4.55. The summed E-state index contributed by atoms with van der Waals surface area (Å²) in [5.74, 6) is 0.731. The van der Waals surface area contributed by atoms with Crippen molar-refractivity contribution < 1.29 is 0 Å². The molecule has 0 atom stereocenters. The first-order valence-electron chi connectivity index (χ1n) is 7.38. The van der Waals surface area contributed by atoms with Gasteiger partial charge in [0.15, 0.2) is 5.82 Å². The quantitative estimate of drug-likeness (QED) is 0.595. The molecule has 2 heterocycles. The van der Waals surface area contributed by atoms with Crippen molar-refractivity contribution in [2.24, 2.45) is 7.05 Å². The predicted octanol–water partition coefficient (Wildman–Crippen LogP) is 4.26. The first kappa shape index (κ1) is 15.2. The molecule has 0 spiro atoms. The van der Waals surface area contributed by atoms with E-state index in [1.165, 1.54) is 0 Å². The Bertz CT molecular complexity index is 1020. The monoisotopic (exact) mass is 357 g/mol. The highest BCUT2D eigenvalue weighted by Crippen LogP contribution is 2.35. The summed E-state index contributed by atoms with van der Waals surface area (Å²) in [5.41, 5.74) is 3.84. The van der Waals surface area contributed by atoms with Crippen LogP contribution in [-0.2, 0) is 13.5 Å². The molecule has 7 heteroatoms. The van der Waals surface area contributed by atoms with Crippen molar-refractivity contribution in [3.63, 3.8) is 0 Å². The van der Waals surface area contributed by atoms with Crippen molar-refractivity contribution in [3.8, 4) is 11.1 Å². The molecule has 5 nitrogen and oxygen atoms in total. The SMILES string of the molecule is Cn1nc2c(-c3ccc(Cl)cc3Cl)cccc2c1Cc1nc[nH]n1. The number of nitrogens with zero attached hydrogens (tertiary/aromatic N) is 4. The van der Waals surface area contributed by atoms with Crippen LogP contribution >= 0.6 is 23.2 Å². The number of rotatable bonds is 3. The minimum Gasteiger partial charge on any atom is -0.271 e. The molecule has 1 N–H and O–H groups in total. The van der Waals surface area contributed by atoms with Gasteiger partial charge in [0, 0.05) is 33.6 Å². The maximum atomic E-state index is 6.38. The van der Waals surface area contributed by atoms with Crippen LogP contribution in [0.1, 0.15) is 11.5 Å². The van der Waals surface area contributed by atoms with Crippen LogP contribution in [0.4, 0.5) is 0 Å². The van der Waals surface area contributed by atoms with Crippen molar-refractivity contribution in [2.75, 3.05) is 0 Å². The molecule has 4 rings (SSSR count). The Morgan fingerprint density at radius 2 is 2.00 bits per heavy atom. The van der Waals surface area contributed by atoms with Crippen molar-refractivity contribution in [2.45, 2.75) is 6.42 Å². The zero-order chi connectivity index (χ0) is 16.7. The minimum atomic E-state index is 0.605. The fourth-order valence-electron chi connectivity index (χ4n) is 2.87. The molecular formula is C17H13Cl2N5. The topological polar surface area (TPSA) is 59.4 Å². The van der Waals surface area contributed by atoms with Crippen molar-refractivity contribution in [1.82, 2.24) is 25.0 Å². The highest BCUT2D eigenvalue weighted by atomic mass is 35.5. The van der Waals surface area contributed by atoms with Gasteiger partial charge >= 0.3 is 0 Å². The van der Waals surface area contributed by atoms with Crippen molar-refractivity contribution in [3.05, 3.63) is 64.3 Å². The van der Waals surface area contributed by atoms with Gasteiger partial charge in [0.05, 0.1) is 12.1 Å². The number of halogens is 2. The fraction of sp³-hybridized carbons (Fsp3) is 0.118. The summed E-state index contributed by atoms with van der Waals surface area (Å²) in [6.07, 6.45) is 2.18. The largest absolute Gasteiger partial charge is 0.271 e. The van der Waals surface area contributed by atoms with Crippen LogP contribution < -0.4 is 0 Å². The number of nitrogens with one attached hydrogen (secondary N) is 1. The molecule has 2 aromatic heterocycles. The Morgan fingerprint density at radius 3 is 2.75 bits per heavy atom. The lowest BCUT2D eigenvalue weighted by Gasteiger charge is -2.06. The molecular weight excluding hydrogens is 345 g/mol. The second-order valence-corrected chi connectivity index (χ2v) is 6.33. The van der Waals surface area contributed by atoms with E-state index in [0.717, 1.165) is 33.5 Å². The van der Waals surface area contributed by atoms with Gasteiger partial charge in [-0.1, -0.05) is 47.5 Å². The van der Waals surface area contributed by atoms with Crippen LogP contribution in [-0.4, -0.2) is 25.0 Å². The van der Waals surface area contributed by atoms with Crippen LogP contribution in [0.15, 0.2) is 42.7 Å². The van der Waals surface area contributed by atoms with Gasteiger partial charge in [0.2, 0.25) is 0 Å². The molecule has 4 aromatic rings. The van der Waals surface area contributed by atoms with Gasteiger partial charge in [0.25, 0.3) is 0 Å². The zero-order valence-electron chi connectivity index (χ0n) is 12.8. The lowest BCUT2D eigenvalue weighted by Crippen LogP contribution is -2.00. The Balaban J connectivity index is 1.89. The van der Waals surface area contributed by atoms with Crippen LogP contribution in [0.25, 0.3) is 22.0 Å². The molecule has 24 heavy (non-hydrogen) atoms. The van der Waals surface area contributed by atoms with Gasteiger partial charge in [-0.05, 0) is 12.1 Å². The molecule has 0 aliphatic heterocycles. The smallest absolute Gasteiger partial charge is 0.156 e. The molecule has 0 unspecified atom stereocenters. The van der Waals surface area contributed by atoms with Gasteiger partial charge in [-0.3, -0.25) is 9.78 Å². The van der Waals surface area contributed by atoms with Crippen LogP contribution in [0.3, 0.4) is 0 Å². The summed E-state index contributed by atoms with van der Waals surface area (Å²) in [7, 11) is 1.93. The lowest BCUT2D eigenvalue weighted by molar-refractivity contribution is 0.726. The van der Waals surface area contributed by atoms with Gasteiger partial charge in [0.1, 0.15) is 11.8 Å². The Morgan fingerprint density at radius 1 is 1.12 bits per heavy atom. The highest BCUT2D eigenvalue weighted by Gasteiger charge is 2.16. The van der Waals surface area contributed by atoms with E-state index in [1.807, 2.05) is 36.0 Å². The van der Waals surface area contributed by atoms with Gasteiger partial charge in [-0.2, -0.15) is 10.2 Å². The number of aromatic nitrogens is 5. The molecule has 2 aromatic carbocycles. The minimum absolute atomic E-state index is 0.605. The van der Waals surface area contributed by atoms with Crippen molar-refractivity contribution in [1.29, 1.82) is 0 Å². The first-order chi connectivity index (χ1) is 11.6. The molecule has 0 saturated heterocycles.